The standard InChI is InChI=1S/C11H20N2O/c1-2-3-4-8-12-11(14)13-9-7-10-5-6-10/h7,9-10H,2-6,8H2,1H3,(H2,12,13,14)/b9-7+. The van der Waals surface area contributed by atoms with Gasteiger partial charge < -0.3 is 10.6 Å². The fourth-order valence-corrected chi connectivity index (χ4v) is 1.18. The number of carbonyl (C=O) groups excluding carboxylic acids is 1. The molecule has 3 nitrogen and oxygen atoms in total. The molecule has 0 spiro atoms. The van der Waals surface area contributed by atoms with Crippen molar-refractivity contribution in [3.8, 4) is 0 Å². The number of allylic oxidation sites excluding steroid dienone is 1. The van der Waals surface area contributed by atoms with Crippen molar-refractivity contribution in [2.45, 2.75) is 39.0 Å². The summed E-state index contributed by atoms with van der Waals surface area (Å²) in [6.45, 7) is 2.93. The van der Waals surface area contributed by atoms with Crippen molar-refractivity contribution in [1.29, 1.82) is 0 Å². The zero-order valence-corrected chi connectivity index (χ0v) is 8.88. The summed E-state index contributed by atoms with van der Waals surface area (Å²) in [6, 6.07) is -0.0852. The molecule has 1 aliphatic rings. The molecule has 1 saturated carbocycles. The van der Waals surface area contributed by atoms with Crippen molar-refractivity contribution in [2.24, 2.45) is 5.92 Å². The zero-order chi connectivity index (χ0) is 10.2. The predicted octanol–water partition coefficient (Wildman–Crippen LogP) is 2.40. The number of rotatable bonds is 6. The van der Waals surface area contributed by atoms with Gasteiger partial charge in [-0.15, -0.1) is 0 Å². The third kappa shape index (κ3) is 5.62. The zero-order valence-electron chi connectivity index (χ0n) is 8.88. The lowest BCUT2D eigenvalue weighted by Gasteiger charge is -2.03. The Morgan fingerprint density at radius 3 is 2.86 bits per heavy atom. The first-order valence-corrected chi connectivity index (χ1v) is 5.54. The molecule has 0 saturated heterocycles. The van der Waals surface area contributed by atoms with Crippen LogP contribution in [0.5, 0.6) is 0 Å². The highest BCUT2D eigenvalue weighted by Crippen LogP contribution is 2.29. The molecule has 2 amide bonds. The van der Waals surface area contributed by atoms with E-state index in [-0.39, 0.29) is 6.03 Å². The quantitative estimate of drug-likeness (QED) is 0.629. The van der Waals surface area contributed by atoms with Gasteiger partial charge in [0.25, 0.3) is 0 Å². The Kier molecular flexibility index (Phi) is 5.12. The van der Waals surface area contributed by atoms with E-state index >= 15 is 0 Å². The number of unbranched alkanes of at least 4 members (excludes halogenated alkanes) is 2. The first-order chi connectivity index (χ1) is 6.83. The number of amides is 2. The van der Waals surface area contributed by atoms with Gasteiger partial charge in [-0.1, -0.05) is 25.8 Å². The molecule has 1 rings (SSSR count). The van der Waals surface area contributed by atoms with Gasteiger partial charge in [0.15, 0.2) is 0 Å². The highest BCUT2D eigenvalue weighted by Gasteiger charge is 2.16. The van der Waals surface area contributed by atoms with Crippen molar-refractivity contribution in [2.75, 3.05) is 6.54 Å². The molecule has 0 aromatic heterocycles. The van der Waals surface area contributed by atoms with Crippen LogP contribution in [0.3, 0.4) is 0 Å². The summed E-state index contributed by atoms with van der Waals surface area (Å²) in [6.07, 6.45) is 9.80. The average Bonchev–Trinajstić information content (AvgIpc) is 2.96. The molecule has 1 fully saturated rings. The first-order valence-electron chi connectivity index (χ1n) is 5.54. The number of urea groups is 1. The third-order valence-electron chi connectivity index (χ3n) is 2.27. The molecular weight excluding hydrogens is 176 g/mol. The van der Waals surface area contributed by atoms with Gasteiger partial charge in [-0.25, -0.2) is 4.79 Å². The summed E-state index contributed by atoms with van der Waals surface area (Å²) >= 11 is 0. The Morgan fingerprint density at radius 2 is 2.21 bits per heavy atom. The van der Waals surface area contributed by atoms with Crippen molar-refractivity contribution in [1.82, 2.24) is 10.6 Å². The van der Waals surface area contributed by atoms with Gasteiger partial charge >= 0.3 is 6.03 Å². The molecule has 0 heterocycles. The first kappa shape index (κ1) is 11.1. The van der Waals surface area contributed by atoms with E-state index in [4.69, 9.17) is 0 Å². The van der Waals surface area contributed by atoms with Crippen LogP contribution in [-0.2, 0) is 0 Å². The second kappa shape index (κ2) is 6.46. The van der Waals surface area contributed by atoms with Crippen molar-refractivity contribution in [3.63, 3.8) is 0 Å². The van der Waals surface area contributed by atoms with Crippen LogP contribution in [0, 0.1) is 5.92 Å². The van der Waals surface area contributed by atoms with Gasteiger partial charge in [0, 0.05) is 12.7 Å². The fourth-order valence-electron chi connectivity index (χ4n) is 1.18. The monoisotopic (exact) mass is 196 g/mol. The Labute approximate surface area is 86.0 Å². The van der Waals surface area contributed by atoms with E-state index in [1.165, 1.54) is 25.7 Å². The topological polar surface area (TPSA) is 41.1 Å². The number of hydrogen-bond acceptors (Lipinski definition) is 1. The normalized spacial score (nSPS) is 15.8. The Hall–Kier alpha value is -0.990. The number of nitrogens with one attached hydrogen (secondary N) is 2. The number of carbonyl (C=O) groups is 1. The maximum Gasteiger partial charge on any atom is 0.318 e. The van der Waals surface area contributed by atoms with Crippen molar-refractivity contribution >= 4 is 6.03 Å². The van der Waals surface area contributed by atoms with Crippen molar-refractivity contribution in [3.05, 3.63) is 12.3 Å². The molecule has 1 aliphatic carbocycles. The van der Waals surface area contributed by atoms with Crippen LogP contribution in [0.15, 0.2) is 12.3 Å². The smallest absolute Gasteiger partial charge is 0.318 e. The highest BCUT2D eigenvalue weighted by atomic mass is 16.2. The van der Waals surface area contributed by atoms with Gasteiger partial charge in [-0.3, -0.25) is 0 Å². The predicted molar refractivity (Wildman–Crippen MR) is 57.9 cm³/mol. The minimum atomic E-state index is -0.0852. The summed E-state index contributed by atoms with van der Waals surface area (Å²) in [7, 11) is 0. The van der Waals surface area contributed by atoms with E-state index in [9.17, 15) is 4.79 Å². The molecule has 0 radical (unpaired) electrons. The molecule has 3 heteroatoms. The Balaban J connectivity index is 1.92. The van der Waals surface area contributed by atoms with E-state index in [1.54, 1.807) is 6.20 Å². The van der Waals surface area contributed by atoms with Crippen molar-refractivity contribution < 1.29 is 4.79 Å². The molecule has 0 unspecified atom stereocenters. The second-order valence-corrected chi connectivity index (χ2v) is 3.80. The molecule has 0 aromatic carbocycles. The summed E-state index contributed by atoms with van der Waals surface area (Å²) < 4.78 is 0. The summed E-state index contributed by atoms with van der Waals surface area (Å²) in [4.78, 5) is 11.1. The van der Waals surface area contributed by atoms with E-state index in [0.29, 0.717) is 0 Å². The maximum atomic E-state index is 11.1. The van der Waals surface area contributed by atoms with Crippen LogP contribution in [-0.4, -0.2) is 12.6 Å². The molecule has 2 N–H and O–H groups in total. The van der Waals surface area contributed by atoms with Crippen LogP contribution in [0.25, 0.3) is 0 Å². The lowest BCUT2D eigenvalue weighted by Crippen LogP contribution is -2.32. The van der Waals surface area contributed by atoms with Crippen LogP contribution in [0.1, 0.15) is 39.0 Å². The lowest BCUT2D eigenvalue weighted by atomic mass is 10.2. The van der Waals surface area contributed by atoms with Gasteiger partial charge in [-0.05, 0) is 25.2 Å². The highest BCUT2D eigenvalue weighted by molar-refractivity contribution is 5.74. The SMILES string of the molecule is CCCCCNC(=O)N/C=C/C1CC1. The maximum absolute atomic E-state index is 11.1. The molecule has 0 aromatic rings. The van der Waals surface area contributed by atoms with Crippen LogP contribution >= 0.6 is 0 Å². The summed E-state index contributed by atoms with van der Waals surface area (Å²) in [5.74, 6) is 0.718. The van der Waals surface area contributed by atoms with E-state index in [2.05, 4.69) is 23.6 Å². The molecule has 80 valence electrons. The van der Waals surface area contributed by atoms with Gasteiger partial charge in [0.2, 0.25) is 0 Å². The molecule has 0 aliphatic heterocycles. The average molecular weight is 196 g/mol. The Morgan fingerprint density at radius 1 is 1.43 bits per heavy atom. The fraction of sp³-hybridized carbons (Fsp3) is 0.727. The van der Waals surface area contributed by atoms with E-state index in [1.807, 2.05) is 0 Å². The van der Waals surface area contributed by atoms with Crippen LogP contribution in [0.2, 0.25) is 0 Å². The molecule has 14 heavy (non-hydrogen) atoms. The Bertz CT molecular complexity index is 197. The molecule has 0 atom stereocenters. The van der Waals surface area contributed by atoms with E-state index in [0.717, 1.165) is 18.9 Å². The molecular formula is C11H20N2O. The van der Waals surface area contributed by atoms with Gasteiger partial charge in [-0.2, -0.15) is 0 Å². The van der Waals surface area contributed by atoms with Gasteiger partial charge in [0.05, 0.1) is 0 Å². The van der Waals surface area contributed by atoms with Gasteiger partial charge in [0.1, 0.15) is 0 Å². The lowest BCUT2D eigenvalue weighted by molar-refractivity contribution is 0.244. The van der Waals surface area contributed by atoms with Crippen LogP contribution < -0.4 is 10.6 Å². The summed E-state index contributed by atoms with van der Waals surface area (Å²) in [5.41, 5.74) is 0. The number of hydrogen-bond donors (Lipinski definition) is 2. The largest absolute Gasteiger partial charge is 0.338 e. The minimum Gasteiger partial charge on any atom is -0.338 e. The van der Waals surface area contributed by atoms with E-state index < -0.39 is 0 Å². The minimum absolute atomic E-state index is 0.0852. The van der Waals surface area contributed by atoms with Crippen LogP contribution in [0.4, 0.5) is 4.79 Å². The third-order valence-corrected chi connectivity index (χ3v) is 2.27. The summed E-state index contributed by atoms with van der Waals surface area (Å²) in [5, 5.41) is 5.51. The molecule has 0 bridgehead atoms. The second-order valence-electron chi connectivity index (χ2n) is 3.80.